The molecule has 3 N–H and O–H groups in total. The van der Waals surface area contributed by atoms with Crippen molar-refractivity contribution in [2.24, 2.45) is 0 Å². The van der Waals surface area contributed by atoms with E-state index in [0.717, 1.165) is 22.3 Å². The molecule has 0 aliphatic carbocycles. The van der Waals surface area contributed by atoms with Gasteiger partial charge in [0.15, 0.2) is 0 Å². The first-order chi connectivity index (χ1) is 14.2. The van der Waals surface area contributed by atoms with Crippen molar-refractivity contribution in [1.29, 1.82) is 0 Å². The number of nitrogens with one attached hydrogen (secondary N) is 1. The van der Waals surface area contributed by atoms with Crippen LogP contribution >= 0.6 is 0 Å². The molecule has 2 aromatic rings. The Hall–Kier alpha value is -3.48. The minimum absolute atomic E-state index is 0.0948. The summed E-state index contributed by atoms with van der Waals surface area (Å²) >= 11 is 0. The molecule has 2 aromatic carbocycles. The van der Waals surface area contributed by atoms with Crippen molar-refractivity contribution in [3.63, 3.8) is 0 Å². The lowest BCUT2D eigenvalue weighted by molar-refractivity contribution is -0.140. The maximum absolute atomic E-state index is 11.9. The van der Waals surface area contributed by atoms with Gasteiger partial charge in [-0.25, -0.2) is 0 Å². The smallest absolute Gasteiger partial charge is 0.305 e. The van der Waals surface area contributed by atoms with E-state index in [2.05, 4.69) is 5.32 Å². The highest BCUT2D eigenvalue weighted by Gasteiger charge is 2.17. The zero-order chi connectivity index (χ0) is 22.1. The average molecular weight is 411 g/mol. The number of benzene rings is 2. The molecular formula is C23H25NO6. The van der Waals surface area contributed by atoms with Crippen LogP contribution < -0.4 is 5.32 Å². The summed E-state index contributed by atoms with van der Waals surface area (Å²) in [6.45, 7) is 1.55. The second kappa shape index (κ2) is 10.9. The topological polar surface area (TPSA) is 121 Å². The molecule has 0 unspecified atom stereocenters. The summed E-state index contributed by atoms with van der Waals surface area (Å²) in [4.78, 5) is 44.9. The van der Waals surface area contributed by atoms with E-state index in [-0.39, 0.29) is 25.0 Å². The molecule has 2 rings (SSSR count). The van der Waals surface area contributed by atoms with Crippen molar-refractivity contribution in [3.8, 4) is 11.1 Å². The van der Waals surface area contributed by atoms with Crippen LogP contribution in [0.25, 0.3) is 11.1 Å². The lowest BCUT2D eigenvalue weighted by Crippen LogP contribution is -2.38. The number of carboxylic acid groups (broad SMARTS) is 2. The Labute approximate surface area is 174 Å². The zero-order valence-corrected chi connectivity index (χ0v) is 16.8. The molecule has 0 fully saturated rings. The fourth-order valence-electron chi connectivity index (χ4n) is 3.17. The van der Waals surface area contributed by atoms with E-state index in [9.17, 15) is 19.2 Å². The second-order valence-corrected chi connectivity index (χ2v) is 7.24. The van der Waals surface area contributed by atoms with Crippen LogP contribution in [0.1, 0.15) is 37.3 Å². The van der Waals surface area contributed by atoms with E-state index in [4.69, 9.17) is 10.2 Å². The first-order valence-corrected chi connectivity index (χ1v) is 9.63. The predicted octanol–water partition coefficient (Wildman–Crippen LogP) is 2.85. The Morgan fingerprint density at radius 3 is 2.17 bits per heavy atom. The Bertz CT molecular complexity index is 920. The summed E-state index contributed by atoms with van der Waals surface area (Å²) in [6.07, 6.45) is -0.0577. The maximum atomic E-state index is 11.9. The molecule has 1 atom stereocenters. The van der Waals surface area contributed by atoms with Gasteiger partial charge in [0, 0.05) is 18.9 Å². The molecule has 0 aliphatic rings. The fraction of sp³-hybridized carbons (Fsp3) is 0.304. The molecule has 0 bridgehead atoms. The van der Waals surface area contributed by atoms with Crippen LogP contribution in [0.15, 0.2) is 48.5 Å². The SMILES string of the molecule is CC(=O)Cc1cccc(-c2ccc(C[C@H](CC(=O)O)NC(=O)CCC(=O)O)cc2)c1. The number of hydrogen-bond donors (Lipinski definition) is 3. The van der Waals surface area contributed by atoms with Crippen LogP contribution in [-0.2, 0) is 32.0 Å². The second-order valence-electron chi connectivity index (χ2n) is 7.24. The quantitative estimate of drug-likeness (QED) is 0.523. The van der Waals surface area contributed by atoms with Crippen LogP contribution in [0.3, 0.4) is 0 Å². The molecule has 0 saturated heterocycles. The molecule has 0 saturated carbocycles. The van der Waals surface area contributed by atoms with Crippen molar-refractivity contribution in [2.75, 3.05) is 0 Å². The lowest BCUT2D eigenvalue weighted by atomic mass is 9.97. The minimum Gasteiger partial charge on any atom is -0.481 e. The van der Waals surface area contributed by atoms with Crippen molar-refractivity contribution >= 4 is 23.6 Å². The van der Waals surface area contributed by atoms with E-state index in [1.807, 2.05) is 48.5 Å². The van der Waals surface area contributed by atoms with Crippen LogP contribution in [0.4, 0.5) is 0 Å². The Morgan fingerprint density at radius 1 is 0.867 bits per heavy atom. The molecule has 0 heterocycles. The number of amides is 1. The number of carbonyl (C=O) groups is 4. The number of aliphatic carboxylic acids is 2. The van der Waals surface area contributed by atoms with Gasteiger partial charge in [-0.15, -0.1) is 0 Å². The van der Waals surface area contributed by atoms with Gasteiger partial charge < -0.3 is 15.5 Å². The van der Waals surface area contributed by atoms with E-state index in [0.29, 0.717) is 12.8 Å². The first-order valence-electron chi connectivity index (χ1n) is 9.63. The number of hydrogen-bond acceptors (Lipinski definition) is 4. The zero-order valence-electron chi connectivity index (χ0n) is 16.8. The number of Topliss-reactive ketones (excluding diaryl/α,β-unsaturated/α-hetero) is 1. The fourth-order valence-corrected chi connectivity index (χ4v) is 3.17. The van der Waals surface area contributed by atoms with Gasteiger partial charge in [-0.05, 0) is 35.6 Å². The van der Waals surface area contributed by atoms with Gasteiger partial charge in [0.05, 0.1) is 12.8 Å². The third-order valence-electron chi connectivity index (χ3n) is 4.50. The molecule has 30 heavy (non-hydrogen) atoms. The van der Waals surface area contributed by atoms with Gasteiger partial charge in [-0.2, -0.15) is 0 Å². The minimum atomic E-state index is -1.08. The Balaban J connectivity index is 2.07. The highest BCUT2D eigenvalue weighted by Crippen LogP contribution is 2.22. The first kappa shape index (κ1) is 22.8. The summed E-state index contributed by atoms with van der Waals surface area (Å²) in [5.74, 6) is -2.51. The van der Waals surface area contributed by atoms with Gasteiger partial charge >= 0.3 is 11.9 Å². The average Bonchev–Trinajstić information content (AvgIpc) is 2.66. The molecule has 7 nitrogen and oxygen atoms in total. The van der Waals surface area contributed by atoms with Crippen LogP contribution in [0, 0.1) is 0 Å². The van der Waals surface area contributed by atoms with Crippen molar-refractivity contribution in [3.05, 3.63) is 59.7 Å². The van der Waals surface area contributed by atoms with E-state index >= 15 is 0 Å². The molecule has 158 valence electrons. The van der Waals surface area contributed by atoms with Crippen molar-refractivity contribution in [2.45, 2.75) is 45.1 Å². The molecule has 0 aliphatic heterocycles. The molecule has 0 radical (unpaired) electrons. The van der Waals surface area contributed by atoms with Crippen molar-refractivity contribution in [1.82, 2.24) is 5.32 Å². The van der Waals surface area contributed by atoms with Crippen LogP contribution in [0.5, 0.6) is 0 Å². The van der Waals surface area contributed by atoms with E-state index < -0.39 is 23.9 Å². The summed E-state index contributed by atoms with van der Waals surface area (Å²) in [5.41, 5.74) is 3.73. The third kappa shape index (κ3) is 7.87. The van der Waals surface area contributed by atoms with E-state index in [1.54, 1.807) is 6.92 Å². The molecule has 1 amide bonds. The molecule has 0 aromatic heterocycles. The standard InChI is InChI=1S/C23H25NO6/c1-15(25)11-17-3-2-4-19(12-17)18-7-5-16(6-8-18)13-20(14-23(29)30)24-21(26)9-10-22(27)28/h2-8,12,20H,9-11,13-14H2,1H3,(H,24,26)(H,27,28)(H,29,30)/t20-/m1/s1. The largest absolute Gasteiger partial charge is 0.481 e. The van der Waals surface area contributed by atoms with Gasteiger partial charge in [-0.1, -0.05) is 48.5 Å². The highest BCUT2D eigenvalue weighted by molar-refractivity contribution is 5.81. The molecular weight excluding hydrogens is 386 g/mol. The van der Waals surface area contributed by atoms with Gasteiger partial charge in [-0.3, -0.25) is 19.2 Å². The Morgan fingerprint density at radius 2 is 1.57 bits per heavy atom. The summed E-state index contributed by atoms with van der Waals surface area (Å²) < 4.78 is 0. The van der Waals surface area contributed by atoms with E-state index in [1.165, 1.54) is 0 Å². The number of carbonyl (C=O) groups excluding carboxylic acids is 2. The van der Waals surface area contributed by atoms with Gasteiger partial charge in [0.25, 0.3) is 0 Å². The van der Waals surface area contributed by atoms with Crippen LogP contribution in [-0.4, -0.2) is 39.9 Å². The van der Waals surface area contributed by atoms with Crippen LogP contribution in [0.2, 0.25) is 0 Å². The Kier molecular flexibility index (Phi) is 8.29. The van der Waals surface area contributed by atoms with Gasteiger partial charge in [0.1, 0.15) is 5.78 Å². The molecule has 7 heteroatoms. The maximum Gasteiger partial charge on any atom is 0.305 e. The molecule has 0 spiro atoms. The summed E-state index contributed by atoms with van der Waals surface area (Å²) in [5, 5.41) is 20.4. The number of carboxylic acids is 2. The monoisotopic (exact) mass is 411 g/mol. The predicted molar refractivity (Wildman–Crippen MR) is 111 cm³/mol. The highest BCUT2D eigenvalue weighted by atomic mass is 16.4. The number of rotatable bonds is 11. The summed E-state index contributed by atoms with van der Waals surface area (Å²) in [7, 11) is 0. The number of ketones is 1. The lowest BCUT2D eigenvalue weighted by Gasteiger charge is -2.17. The third-order valence-corrected chi connectivity index (χ3v) is 4.50. The summed E-state index contributed by atoms with van der Waals surface area (Å²) in [6, 6.07) is 14.6. The van der Waals surface area contributed by atoms with Gasteiger partial charge in [0.2, 0.25) is 5.91 Å². The normalized spacial score (nSPS) is 11.5. The van der Waals surface area contributed by atoms with Crippen molar-refractivity contribution < 1.29 is 29.4 Å².